The smallest absolute Gasteiger partial charge is 0.305 e. The van der Waals surface area contributed by atoms with Gasteiger partial charge in [-0.2, -0.15) is 0 Å². The first-order valence-corrected chi connectivity index (χ1v) is 6.33. The molecule has 1 N–H and O–H groups in total. The largest absolute Gasteiger partial charge is 0.481 e. The number of carboxylic acid groups (broad SMARTS) is 1. The monoisotopic (exact) mass is 282 g/mol. The molecule has 1 aliphatic rings. The molecular weight excluding hydrogens is 267 g/mol. The summed E-state index contributed by atoms with van der Waals surface area (Å²) in [5, 5.41) is 20.0. The topological polar surface area (TPSA) is 83.7 Å². The molecule has 7 heteroatoms. The fraction of sp³-hybridized carbons (Fsp3) is 0.462. The Labute approximate surface area is 115 Å². The molecule has 1 aliphatic heterocycles. The van der Waals surface area contributed by atoms with E-state index in [4.69, 9.17) is 5.11 Å². The van der Waals surface area contributed by atoms with E-state index in [1.165, 1.54) is 13.0 Å². The number of aliphatic carboxylic acids is 1. The number of halogens is 1. The number of anilines is 1. The number of carbonyl (C=O) groups is 1. The molecule has 0 radical (unpaired) electrons. The lowest BCUT2D eigenvalue weighted by Crippen LogP contribution is -2.31. The first-order chi connectivity index (χ1) is 9.40. The first kappa shape index (κ1) is 14.2. The Balaban J connectivity index is 2.42. The third kappa shape index (κ3) is 2.71. The molecule has 1 aromatic rings. The Kier molecular flexibility index (Phi) is 3.87. The summed E-state index contributed by atoms with van der Waals surface area (Å²) in [5.41, 5.74) is 0.301. The zero-order valence-electron chi connectivity index (χ0n) is 11.0. The van der Waals surface area contributed by atoms with E-state index in [0.29, 0.717) is 24.2 Å². The predicted molar refractivity (Wildman–Crippen MR) is 70.4 cm³/mol. The molecule has 108 valence electrons. The van der Waals surface area contributed by atoms with Gasteiger partial charge >= 0.3 is 5.97 Å². The van der Waals surface area contributed by atoms with Gasteiger partial charge < -0.3 is 10.0 Å². The van der Waals surface area contributed by atoms with E-state index in [2.05, 4.69) is 0 Å². The maximum atomic E-state index is 13.5. The first-order valence-electron chi connectivity index (χ1n) is 6.33. The highest BCUT2D eigenvalue weighted by atomic mass is 19.1. The van der Waals surface area contributed by atoms with Crippen LogP contribution in [0.4, 0.5) is 15.8 Å². The van der Waals surface area contributed by atoms with Gasteiger partial charge in [0.05, 0.1) is 17.4 Å². The maximum Gasteiger partial charge on any atom is 0.305 e. The van der Waals surface area contributed by atoms with Gasteiger partial charge in [0.2, 0.25) is 0 Å². The third-order valence-corrected chi connectivity index (χ3v) is 3.55. The number of rotatable bonds is 4. The summed E-state index contributed by atoms with van der Waals surface area (Å²) in [6, 6.07) is 2.05. The van der Waals surface area contributed by atoms with Crippen molar-refractivity contribution in [1.29, 1.82) is 0 Å². The zero-order chi connectivity index (χ0) is 14.9. The number of aryl methyl sites for hydroxylation is 1. The van der Waals surface area contributed by atoms with Crippen molar-refractivity contribution in [2.24, 2.45) is 0 Å². The van der Waals surface area contributed by atoms with Crippen LogP contribution in [0.15, 0.2) is 12.1 Å². The molecule has 1 heterocycles. The van der Waals surface area contributed by atoms with E-state index in [9.17, 15) is 19.3 Å². The minimum absolute atomic E-state index is 0.0758. The van der Waals surface area contributed by atoms with Crippen LogP contribution in [0.3, 0.4) is 0 Å². The Morgan fingerprint density at radius 1 is 1.60 bits per heavy atom. The average Bonchev–Trinajstić information content (AvgIpc) is 2.79. The molecule has 0 aliphatic carbocycles. The van der Waals surface area contributed by atoms with Crippen LogP contribution in [0.1, 0.15) is 24.8 Å². The fourth-order valence-electron chi connectivity index (χ4n) is 2.60. The van der Waals surface area contributed by atoms with Crippen molar-refractivity contribution in [2.45, 2.75) is 32.2 Å². The number of nitrogens with zero attached hydrogens (tertiary/aromatic N) is 2. The lowest BCUT2D eigenvalue weighted by atomic mass is 10.1. The summed E-state index contributed by atoms with van der Waals surface area (Å²) < 4.78 is 13.5. The Bertz CT molecular complexity index is 562. The van der Waals surface area contributed by atoms with Gasteiger partial charge in [0.15, 0.2) is 0 Å². The van der Waals surface area contributed by atoms with Gasteiger partial charge in [-0.1, -0.05) is 0 Å². The van der Waals surface area contributed by atoms with Crippen LogP contribution in [0, 0.1) is 22.9 Å². The number of nitro groups is 1. The predicted octanol–water partition coefficient (Wildman–Crippen LogP) is 2.49. The van der Waals surface area contributed by atoms with E-state index in [1.807, 2.05) is 0 Å². The number of hydrogen-bond donors (Lipinski definition) is 1. The highest BCUT2D eigenvalue weighted by molar-refractivity contribution is 5.71. The van der Waals surface area contributed by atoms with Gasteiger partial charge in [-0.15, -0.1) is 0 Å². The second kappa shape index (κ2) is 5.44. The van der Waals surface area contributed by atoms with Crippen LogP contribution >= 0.6 is 0 Å². The van der Waals surface area contributed by atoms with Crippen LogP contribution in [0.25, 0.3) is 0 Å². The Morgan fingerprint density at radius 2 is 2.30 bits per heavy atom. The minimum atomic E-state index is -0.941. The van der Waals surface area contributed by atoms with Crippen LogP contribution in [-0.4, -0.2) is 28.6 Å². The fourth-order valence-corrected chi connectivity index (χ4v) is 2.60. The summed E-state index contributed by atoms with van der Waals surface area (Å²) in [7, 11) is 0. The molecule has 1 aromatic carbocycles. The molecule has 0 spiro atoms. The van der Waals surface area contributed by atoms with Gasteiger partial charge in [0.1, 0.15) is 11.5 Å². The van der Waals surface area contributed by atoms with Crippen molar-refractivity contribution in [1.82, 2.24) is 0 Å². The van der Waals surface area contributed by atoms with Crippen molar-refractivity contribution in [2.75, 3.05) is 11.4 Å². The third-order valence-electron chi connectivity index (χ3n) is 3.55. The van der Waals surface area contributed by atoms with Crippen LogP contribution in [0.5, 0.6) is 0 Å². The lowest BCUT2D eigenvalue weighted by Gasteiger charge is -2.25. The molecule has 1 fully saturated rings. The van der Waals surface area contributed by atoms with Crippen LogP contribution in [-0.2, 0) is 4.79 Å². The summed E-state index contributed by atoms with van der Waals surface area (Å²) in [6.07, 6.45) is 1.36. The molecule has 0 aromatic heterocycles. The second-order valence-corrected chi connectivity index (χ2v) is 4.93. The molecule has 0 bridgehead atoms. The summed E-state index contributed by atoms with van der Waals surface area (Å²) in [5.74, 6) is -1.57. The standard InChI is InChI=1S/C13H15FN2O4/c1-8-5-11(12(16(19)20)7-10(8)14)15-4-2-3-9(15)6-13(17)18/h5,7,9H,2-4,6H2,1H3,(H,17,18). The Morgan fingerprint density at radius 3 is 2.90 bits per heavy atom. The zero-order valence-corrected chi connectivity index (χ0v) is 11.0. The average molecular weight is 282 g/mol. The van der Waals surface area contributed by atoms with E-state index in [1.54, 1.807) is 4.90 Å². The number of carboxylic acids is 1. The number of hydrogen-bond acceptors (Lipinski definition) is 4. The summed E-state index contributed by atoms with van der Waals surface area (Å²) in [6.45, 7) is 2.08. The number of nitro benzene ring substituents is 1. The maximum absolute atomic E-state index is 13.5. The molecule has 6 nitrogen and oxygen atoms in total. The normalized spacial score (nSPS) is 18.3. The van der Waals surface area contributed by atoms with Crippen molar-refractivity contribution in [3.63, 3.8) is 0 Å². The second-order valence-electron chi connectivity index (χ2n) is 4.93. The molecule has 1 atom stereocenters. The van der Waals surface area contributed by atoms with Crippen LogP contribution < -0.4 is 4.90 Å². The minimum Gasteiger partial charge on any atom is -0.481 e. The Hall–Kier alpha value is -2.18. The SMILES string of the molecule is Cc1cc(N2CCCC2CC(=O)O)c([N+](=O)[O-])cc1F. The van der Waals surface area contributed by atoms with Crippen molar-refractivity contribution in [3.8, 4) is 0 Å². The van der Waals surface area contributed by atoms with Gasteiger partial charge in [-0.25, -0.2) is 4.39 Å². The molecule has 0 saturated carbocycles. The highest BCUT2D eigenvalue weighted by Gasteiger charge is 2.31. The summed E-state index contributed by atoms with van der Waals surface area (Å²) >= 11 is 0. The summed E-state index contributed by atoms with van der Waals surface area (Å²) in [4.78, 5) is 23.0. The van der Waals surface area contributed by atoms with Gasteiger partial charge in [0.25, 0.3) is 5.69 Å². The molecule has 2 rings (SSSR count). The molecule has 1 saturated heterocycles. The van der Waals surface area contributed by atoms with Gasteiger partial charge in [-0.3, -0.25) is 14.9 Å². The lowest BCUT2D eigenvalue weighted by molar-refractivity contribution is -0.384. The van der Waals surface area contributed by atoms with Gasteiger partial charge in [-0.05, 0) is 31.4 Å². The van der Waals surface area contributed by atoms with Gasteiger partial charge in [0, 0.05) is 12.6 Å². The van der Waals surface area contributed by atoms with Crippen molar-refractivity contribution >= 4 is 17.3 Å². The van der Waals surface area contributed by atoms with E-state index in [0.717, 1.165) is 12.5 Å². The molecular formula is C13H15FN2O4. The van der Waals surface area contributed by atoms with Crippen molar-refractivity contribution < 1.29 is 19.2 Å². The number of benzene rings is 1. The molecule has 1 unspecified atom stereocenters. The van der Waals surface area contributed by atoms with Crippen LogP contribution in [0.2, 0.25) is 0 Å². The quantitative estimate of drug-likeness (QED) is 0.677. The van der Waals surface area contributed by atoms with E-state index in [-0.39, 0.29) is 18.2 Å². The van der Waals surface area contributed by atoms with Crippen molar-refractivity contribution in [3.05, 3.63) is 33.6 Å². The van der Waals surface area contributed by atoms with E-state index >= 15 is 0 Å². The highest BCUT2D eigenvalue weighted by Crippen LogP contribution is 2.36. The van der Waals surface area contributed by atoms with E-state index < -0.39 is 16.7 Å². The molecule has 20 heavy (non-hydrogen) atoms. The molecule has 0 amide bonds.